The first-order valence-corrected chi connectivity index (χ1v) is 5.20. The molecule has 0 aliphatic heterocycles. The van der Waals surface area contributed by atoms with Crippen LogP contribution in [0, 0.1) is 0 Å². The lowest BCUT2D eigenvalue weighted by Gasteiger charge is -2.06. The summed E-state index contributed by atoms with van der Waals surface area (Å²) < 4.78 is 20.7. The number of hydrogen-bond acceptors (Lipinski definition) is 3. The summed E-state index contributed by atoms with van der Waals surface area (Å²) >= 11 is 3.43. The molecule has 1 atom stereocenters. The van der Waals surface area contributed by atoms with Crippen LogP contribution in [-0.2, 0) is 16.8 Å². The molecular weight excluding hydrogens is 228 g/mol. The Morgan fingerprint density at radius 2 is 2.21 bits per heavy atom. The van der Waals surface area contributed by atoms with E-state index in [0.717, 1.165) is 0 Å². The van der Waals surface area contributed by atoms with Gasteiger partial charge in [-0.2, -0.15) is 0 Å². The highest BCUT2D eigenvalue weighted by Crippen LogP contribution is 2.18. The molecule has 0 spiro atoms. The van der Waals surface area contributed by atoms with Crippen LogP contribution in [0.15, 0.2) is 18.2 Å². The maximum atomic E-state index is 10.5. The number of carboxylic acids is 1. The molecule has 0 saturated heterocycles. The van der Waals surface area contributed by atoms with Crippen LogP contribution in [0.25, 0.3) is 0 Å². The molecule has 1 rings (SSSR count). The molecule has 4 nitrogen and oxygen atoms in total. The van der Waals surface area contributed by atoms with E-state index in [4.69, 9.17) is 16.7 Å². The maximum Gasteiger partial charge on any atom is 0.337 e. The van der Waals surface area contributed by atoms with Crippen LogP contribution < -0.4 is 0 Å². The number of rotatable bonds is 3. The van der Waals surface area contributed by atoms with Gasteiger partial charge in [0.15, 0.2) is 0 Å². The number of aromatic carboxylic acids is 1. The third kappa shape index (κ3) is 2.80. The van der Waals surface area contributed by atoms with Crippen LogP contribution in [0.4, 0.5) is 0 Å². The molecule has 0 bridgehead atoms. The second-order valence-corrected chi connectivity index (χ2v) is 3.87. The van der Waals surface area contributed by atoms with Crippen molar-refractivity contribution in [1.82, 2.24) is 0 Å². The molecule has 1 unspecified atom stereocenters. The second-order valence-electron chi connectivity index (χ2n) is 2.57. The van der Waals surface area contributed by atoms with Gasteiger partial charge in [0.25, 0.3) is 0 Å². The van der Waals surface area contributed by atoms with Gasteiger partial charge >= 0.3 is 5.97 Å². The van der Waals surface area contributed by atoms with E-state index in [1.807, 2.05) is 0 Å². The predicted octanol–water partition coefficient (Wildman–Crippen LogP) is 1.42. The fourth-order valence-corrected chi connectivity index (χ4v) is 1.69. The Labute approximate surface area is 87.8 Å². The van der Waals surface area contributed by atoms with E-state index in [-0.39, 0.29) is 16.3 Å². The Kier molecular flexibility index (Phi) is 3.62. The van der Waals surface area contributed by atoms with E-state index < -0.39 is 17.0 Å². The molecule has 76 valence electrons. The summed E-state index contributed by atoms with van der Waals surface area (Å²) in [5.41, 5.74) is 0.431. The van der Waals surface area contributed by atoms with E-state index in [9.17, 15) is 13.6 Å². The van der Waals surface area contributed by atoms with E-state index in [1.54, 1.807) is 0 Å². The van der Waals surface area contributed by atoms with Gasteiger partial charge < -0.3 is 9.66 Å². The number of halogens is 1. The Bertz CT molecular complexity index is 391. The lowest BCUT2D eigenvalue weighted by atomic mass is 10.1. The first-order valence-electron chi connectivity index (χ1n) is 3.58. The predicted molar refractivity (Wildman–Crippen MR) is 51.0 cm³/mol. The Hall–Kier alpha value is -0.910. The SMILES string of the molecule is O=C(O)c1ccc(CS(=O)[O-])cc1Cl. The molecule has 0 radical (unpaired) electrons. The number of carbonyl (C=O) groups is 1. The summed E-state index contributed by atoms with van der Waals surface area (Å²) in [6.45, 7) is 0. The van der Waals surface area contributed by atoms with Gasteiger partial charge in [0, 0.05) is 5.75 Å². The standard InChI is InChI=1S/C8H7ClO4S/c9-7-3-5(4-14(12)13)1-2-6(7)8(10)11/h1-3H,4H2,(H,10,11)(H,12,13)/p-1. The van der Waals surface area contributed by atoms with Crippen molar-refractivity contribution < 1.29 is 18.7 Å². The van der Waals surface area contributed by atoms with Gasteiger partial charge in [-0.15, -0.1) is 0 Å². The minimum atomic E-state index is -2.20. The Morgan fingerprint density at radius 1 is 1.57 bits per heavy atom. The number of carboxylic acid groups (broad SMARTS) is 1. The zero-order valence-corrected chi connectivity index (χ0v) is 8.47. The quantitative estimate of drug-likeness (QED) is 0.801. The summed E-state index contributed by atoms with van der Waals surface area (Å²) in [6, 6.07) is 4.04. The Morgan fingerprint density at radius 3 is 2.64 bits per heavy atom. The molecular formula is C8H6ClO4S-. The highest BCUT2D eigenvalue weighted by Gasteiger charge is 2.08. The van der Waals surface area contributed by atoms with Crippen LogP contribution in [0.1, 0.15) is 15.9 Å². The largest absolute Gasteiger partial charge is 0.772 e. The summed E-state index contributed by atoms with van der Waals surface area (Å²) in [4.78, 5) is 10.5. The first-order chi connectivity index (χ1) is 6.50. The Balaban J connectivity index is 3.00. The van der Waals surface area contributed by atoms with Crippen molar-refractivity contribution in [3.8, 4) is 0 Å². The van der Waals surface area contributed by atoms with Gasteiger partial charge in [-0.3, -0.25) is 4.21 Å². The first kappa shape index (κ1) is 11.2. The van der Waals surface area contributed by atoms with Crippen molar-refractivity contribution in [2.75, 3.05) is 0 Å². The molecule has 0 heterocycles. The van der Waals surface area contributed by atoms with Crippen LogP contribution in [0.3, 0.4) is 0 Å². The lowest BCUT2D eigenvalue weighted by Crippen LogP contribution is -1.99. The topological polar surface area (TPSA) is 77.4 Å². The minimum absolute atomic E-state index is 0.0351. The normalized spacial score (nSPS) is 12.4. The van der Waals surface area contributed by atoms with Crippen molar-refractivity contribution in [3.63, 3.8) is 0 Å². The van der Waals surface area contributed by atoms with Gasteiger partial charge in [0.1, 0.15) is 0 Å². The van der Waals surface area contributed by atoms with E-state index in [0.29, 0.717) is 5.56 Å². The van der Waals surface area contributed by atoms with Gasteiger partial charge in [-0.05, 0) is 17.7 Å². The summed E-state index contributed by atoms with van der Waals surface area (Å²) in [7, 11) is 0. The van der Waals surface area contributed by atoms with Crippen molar-refractivity contribution in [1.29, 1.82) is 0 Å². The molecule has 0 amide bonds. The summed E-state index contributed by atoms with van der Waals surface area (Å²) in [5.74, 6) is -1.30. The van der Waals surface area contributed by atoms with E-state index >= 15 is 0 Å². The maximum absolute atomic E-state index is 10.5. The highest BCUT2D eigenvalue weighted by molar-refractivity contribution is 7.78. The monoisotopic (exact) mass is 233 g/mol. The minimum Gasteiger partial charge on any atom is -0.772 e. The van der Waals surface area contributed by atoms with Crippen molar-refractivity contribution >= 4 is 28.7 Å². The van der Waals surface area contributed by atoms with Crippen molar-refractivity contribution in [2.45, 2.75) is 5.75 Å². The molecule has 0 aliphatic carbocycles. The number of hydrogen-bond donors (Lipinski definition) is 1. The van der Waals surface area contributed by atoms with Gasteiger partial charge in [-0.1, -0.05) is 28.7 Å². The third-order valence-corrected chi connectivity index (χ3v) is 2.43. The molecule has 1 N–H and O–H groups in total. The average molecular weight is 234 g/mol. The second kappa shape index (κ2) is 4.54. The summed E-state index contributed by atoms with van der Waals surface area (Å²) in [6.07, 6.45) is 0. The van der Waals surface area contributed by atoms with Gasteiger partial charge in [0.05, 0.1) is 10.6 Å². The van der Waals surface area contributed by atoms with Crippen LogP contribution in [-0.4, -0.2) is 19.8 Å². The molecule has 0 saturated carbocycles. The molecule has 1 aromatic carbocycles. The molecule has 0 aromatic heterocycles. The molecule has 0 aliphatic rings. The van der Waals surface area contributed by atoms with Crippen molar-refractivity contribution in [2.24, 2.45) is 0 Å². The zero-order valence-electron chi connectivity index (χ0n) is 6.90. The van der Waals surface area contributed by atoms with Crippen LogP contribution >= 0.6 is 11.6 Å². The van der Waals surface area contributed by atoms with Crippen LogP contribution in [0.5, 0.6) is 0 Å². The average Bonchev–Trinajstić information content (AvgIpc) is 2.01. The molecule has 14 heavy (non-hydrogen) atoms. The third-order valence-electron chi connectivity index (χ3n) is 1.55. The zero-order chi connectivity index (χ0) is 10.7. The van der Waals surface area contributed by atoms with E-state index in [2.05, 4.69) is 0 Å². The van der Waals surface area contributed by atoms with Gasteiger partial charge in [0.2, 0.25) is 0 Å². The van der Waals surface area contributed by atoms with Crippen molar-refractivity contribution in [3.05, 3.63) is 34.3 Å². The molecule has 6 heteroatoms. The van der Waals surface area contributed by atoms with Gasteiger partial charge in [-0.25, -0.2) is 4.79 Å². The fraction of sp³-hybridized carbons (Fsp3) is 0.125. The molecule has 0 fully saturated rings. The lowest BCUT2D eigenvalue weighted by molar-refractivity contribution is 0.0697. The smallest absolute Gasteiger partial charge is 0.337 e. The fourth-order valence-electron chi connectivity index (χ4n) is 0.958. The van der Waals surface area contributed by atoms with Crippen LogP contribution in [0.2, 0.25) is 5.02 Å². The highest BCUT2D eigenvalue weighted by atomic mass is 35.5. The number of benzene rings is 1. The summed E-state index contributed by atoms with van der Waals surface area (Å²) in [5, 5.41) is 8.67. The molecule has 1 aromatic rings. The van der Waals surface area contributed by atoms with E-state index in [1.165, 1.54) is 18.2 Å².